The van der Waals surface area contributed by atoms with Crippen LogP contribution in [-0.2, 0) is 11.8 Å². The Morgan fingerprint density at radius 3 is 2.79 bits per heavy atom. The van der Waals surface area contributed by atoms with Crippen molar-refractivity contribution in [1.82, 2.24) is 20.1 Å². The van der Waals surface area contributed by atoms with E-state index in [-0.39, 0.29) is 11.2 Å². The van der Waals surface area contributed by atoms with E-state index in [0.29, 0.717) is 6.04 Å². The first kappa shape index (κ1) is 17.1. The van der Waals surface area contributed by atoms with Crippen molar-refractivity contribution in [2.75, 3.05) is 0 Å². The fourth-order valence-electron chi connectivity index (χ4n) is 3.05. The predicted molar refractivity (Wildman–Crippen MR) is 93.8 cm³/mol. The zero-order valence-electron chi connectivity index (χ0n) is 14.4. The van der Waals surface area contributed by atoms with Crippen molar-refractivity contribution in [2.45, 2.75) is 62.4 Å². The molecule has 3 rings (SSSR count). The number of thioether (sulfide) groups is 1. The quantitative estimate of drug-likeness (QED) is 0.839. The van der Waals surface area contributed by atoms with E-state index in [1.54, 1.807) is 6.26 Å². The van der Waals surface area contributed by atoms with Gasteiger partial charge in [0.25, 0.3) is 0 Å². The summed E-state index contributed by atoms with van der Waals surface area (Å²) < 4.78 is 7.24. The van der Waals surface area contributed by atoms with Gasteiger partial charge in [-0.1, -0.05) is 31.0 Å². The zero-order valence-corrected chi connectivity index (χ0v) is 15.2. The van der Waals surface area contributed by atoms with E-state index >= 15 is 0 Å². The molecule has 24 heavy (non-hydrogen) atoms. The summed E-state index contributed by atoms with van der Waals surface area (Å²) in [5, 5.41) is 12.2. The van der Waals surface area contributed by atoms with E-state index in [1.807, 2.05) is 31.5 Å². The third-order valence-corrected chi connectivity index (χ3v) is 5.67. The van der Waals surface area contributed by atoms with E-state index in [9.17, 15) is 4.79 Å². The molecule has 0 radical (unpaired) electrons. The molecule has 6 nitrogen and oxygen atoms in total. The first-order chi connectivity index (χ1) is 11.6. The van der Waals surface area contributed by atoms with Crippen molar-refractivity contribution in [3.63, 3.8) is 0 Å². The Kier molecular flexibility index (Phi) is 5.28. The highest BCUT2D eigenvalue weighted by atomic mass is 32.2. The first-order valence-electron chi connectivity index (χ1n) is 8.47. The summed E-state index contributed by atoms with van der Waals surface area (Å²) in [5.74, 6) is 1.64. The third kappa shape index (κ3) is 3.66. The lowest BCUT2D eigenvalue weighted by Crippen LogP contribution is -2.40. The van der Waals surface area contributed by atoms with Crippen LogP contribution in [0.4, 0.5) is 0 Å². The summed E-state index contributed by atoms with van der Waals surface area (Å²) >= 11 is 1.44. The Balaban J connectivity index is 1.64. The Hall–Kier alpha value is -1.76. The topological polar surface area (TPSA) is 72.9 Å². The van der Waals surface area contributed by atoms with Gasteiger partial charge in [0.2, 0.25) is 5.91 Å². The van der Waals surface area contributed by atoms with Crippen molar-refractivity contribution < 1.29 is 9.21 Å². The molecule has 0 spiro atoms. The van der Waals surface area contributed by atoms with Crippen molar-refractivity contribution in [3.05, 3.63) is 18.1 Å². The molecule has 7 heteroatoms. The van der Waals surface area contributed by atoms with Gasteiger partial charge in [0, 0.05) is 13.1 Å². The lowest BCUT2D eigenvalue weighted by Gasteiger charge is -2.24. The summed E-state index contributed by atoms with van der Waals surface area (Å²) in [6.07, 6.45) is 7.54. The maximum Gasteiger partial charge on any atom is 0.233 e. The van der Waals surface area contributed by atoms with Gasteiger partial charge in [0.15, 0.2) is 11.0 Å². The fraction of sp³-hybridized carbons (Fsp3) is 0.588. The van der Waals surface area contributed by atoms with Gasteiger partial charge in [-0.15, -0.1) is 10.2 Å². The van der Waals surface area contributed by atoms with Crippen LogP contribution >= 0.6 is 11.8 Å². The molecular formula is C17H24N4O2S. The van der Waals surface area contributed by atoms with Crippen molar-refractivity contribution in [3.8, 4) is 11.4 Å². The maximum atomic E-state index is 12.4. The molecule has 0 aliphatic heterocycles. The molecular weight excluding hydrogens is 324 g/mol. The summed E-state index contributed by atoms with van der Waals surface area (Å²) in [4.78, 5) is 12.4. The molecule has 1 amide bonds. The summed E-state index contributed by atoms with van der Waals surface area (Å²) in [6.45, 7) is 3.82. The minimum atomic E-state index is -0.201. The molecule has 1 unspecified atom stereocenters. The zero-order chi connectivity index (χ0) is 17.1. The van der Waals surface area contributed by atoms with Crippen LogP contribution in [0.3, 0.4) is 0 Å². The SMILES string of the molecule is Cc1occc1-c1nnc(SC(C)C(=O)NC2CCCCC2)n1C. The second-order valence-corrected chi connectivity index (χ2v) is 7.67. The van der Waals surface area contributed by atoms with Gasteiger partial charge in [-0.3, -0.25) is 4.79 Å². The predicted octanol–water partition coefficient (Wildman–Crippen LogP) is 3.31. The Morgan fingerprint density at radius 1 is 1.38 bits per heavy atom. The van der Waals surface area contributed by atoms with Crippen LogP contribution in [0.1, 0.15) is 44.8 Å². The minimum absolute atomic E-state index is 0.0796. The monoisotopic (exact) mass is 348 g/mol. The average Bonchev–Trinajstić information content (AvgIpc) is 3.14. The number of carbonyl (C=O) groups is 1. The Labute approximate surface area is 146 Å². The molecule has 1 saturated carbocycles. The van der Waals surface area contributed by atoms with Gasteiger partial charge in [-0.05, 0) is 32.8 Å². The number of rotatable bonds is 5. The smallest absolute Gasteiger partial charge is 0.233 e. The van der Waals surface area contributed by atoms with Crippen LogP contribution in [0.25, 0.3) is 11.4 Å². The largest absolute Gasteiger partial charge is 0.469 e. The van der Waals surface area contributed by atoms with E-state index in [0.717, 1.165) is 35.1 Å². The van der Waals surface area contributed by atoms with E-state index in [4.69, 9.17) is 4.42 Å². The van der Waals surface area contributed by atoms with Crippen molar-refractivity contribution in [1.29, 1.82) is 0 Å². The number of amides is 1. The lowest BCUT2D eigenvalue weighted by atomic mass is 9.95. The van der Waals surface area contributed by atoms with Crippen LogP contribution in [0.15, 0.2) is 21.9 Å². The van der Waals surface area contributed by atoms with Crippen molar-refractivity contribution >= 4 is 17.7 Å². The first-order valence-corrected chi connectivity index (χ1v) is 9.35. The van der Waals surface area contributed by atoms with E-state index in [1.165, 1.54) is 31.0 Å². The van der Waals surface area contributed by atoms with Gasteiger partial charge < -0.3 is 14.3 Å². The number of hydrogen-bond donors (Lipinski definition) is 1. The highest BCUT2D eigenvalue weighted by Crippen LogP contribution is 2.28. The Morgan fingerprint density at radius 2 is 2.12 bits per heavy atom. The molecule has 0 aromatic carbocycles. The van der Waals surface area contributed by atoms with E-state index < -0.39 is 0 Å². The standard InChI is InChI=1S/C17H24N4O2S/c1-11-14(9-10-23-11)15-19-20-17(21(15)3)24-12(2)16(22)18-13-7-5-4-6-8-13/h9-10,12-13H,4-8H2,1-3H3,(H,18,22). The van der Waals surface area contributed by atoms with Crippen LogP contribution in [-0.4, -0.2) is 32.0 Å². The molecule has 1 N–H and O–H groups in total. The number of carbonyl (C=O) groups excluding carboxylic acids is 1. The third-order valence-electron chi connectivity index (χ3n) is 4.54. The number of aryl methyl sites for hydroxylation is 1. The van der Waals surface area contributed by atoms with Crippen molar-refractivity contribution in [2.24, 2.45) is 7.05 Å². The second-order valence-electron chi connectivity index (χ2n) is 6.36. The fourth-order valence-corrected chi connectivity index (χ4v) is 3.87. The summed E-state index contributed by atoms with van der Waals surface area (Å²) in [7, 11) is 1.91. The number of nitrogens with zero attached hydrogens (tertiary/aromatic N) is 3. The summed E-state index contributed by atoms with van der Waals surface area (Å²) in [6, 6.07) is 2.21. The summed E-state index contributed by atoms with van der Waals surface area (Å²) in [5.41, 5.74) is 0.927. The molecule has 1 aliphatic carbocycles. The highest BCUT2D eigenvalue weighted by Gasteiger charge is 2.23. The van der Waals surface area contributed by atoms with Gasteiger partial charge in [0.05, 0.1) is 17.1 Å². The number of hydrogen-bond acceptors (Lipinski definition) is 5. The minimum Gasteiger partial charge on any atom is -0.469 e. The molecule has 0 bridgehead atoms. The van der Waals surface area contributed by atoms with Crippen LogP contribution in [0, 0.1) is 6.92 Å². The number of nitrogens with one attached hydrogen (secondary N) is 1. The lowest BCUT2D eigenvalue weighted by molar-refractivity contribution is -0.121. The van der Waals surface area contributed by atoms with Gasteiger partial charge >= 0.3 is 0 Å². The molecule has 1 fully saturated rings. The molecule has 0 saturated heterocycles. The molecule has 130 valence electrons. The highest BCUT2D eigenvalue weighted by molar-refractivity contribution is 8.00. The Bertz CT molecular complexity index is 703. The average molecular weight is 348 g/mol. The maximum absolute atomic E-state index is 12.4. The van der Waals surface area contributed by atoms with Crippen LogP contribution in [0.5, 0.6) is 0 Å². The van der Waals surface area contributed by atoms with Gasteiger partial charge in [-0.25, -0.2) is 0 Å². The molecule has 2 heterocycles. The molecule has 1 atom stereocenters. The van der Waals surface area contributed by atoms with E-state index in [2.05, 4.69) is 15.5 Å². The molecule has 1 aliphatic rings. The number of aromatic nitrogens is 3. The normalized spacial score (nSPS) is 17.0. The van der Waals surface area contributed by atoms with Gasteiger partial charge in [0.1, 0.15) is 5.76 Å². The van der Waals surface area contributed by atoms with Crippen LogP contribution in [0.2, 0.25) is 0 Å². The molecule has 2 aromatic heterocycles. The van der Waals surface area contributed by atoms with Crippen LogP contribution < -0.4 is 5.32 Å². The second kappa shape index (κ2) is 7.42. The van der Waals surface area contributed by atoms with Gasteiger partial charge in [-0.2, -0.15) is 0 Å². The molecule has 2 aromatic rings. The number of furan rings is 1.